The number of ether oxygens (including phenoxy) is 1. The largest absolute Gasteiger partial charge is 0.461 e. The van der Waals surface area contributed by atoms with Crippen LogP contribution >= 0.6 is 12.4 Å². The lowest BCUT2D eigenvalue weighted by Crippen LogP contribution is -2.36. The summed E-state index contributed by atoms with van der Waals surface area (Å²) in [5.41, 5.74) is 0. The number of nitrogens with one attached hydrogen (secondary N) is 1. The molecule has 0 aromatic rings. The van der Waals surface area contributed by atoms with E-state index in [0.29, 0.717) is 0 Å². The third kappa shape index (κ3) is 1.11. The molecule has 2 atom stereocenters. The number of hydrogen-bond acceptors (Lipinski definition) is 3. The summed E-state index contributed by atoms with van der Waals surface area (Å²) < 4.78 is 4.98. The fourth-order valence-electron chi connectivity index (χ4n) is 1.42. The molecule has 0 saturated carbocycles. The second-order valence-corrected chi connectivity index (χ2v) is 2.59. The fourth-order valence-corrected chi connectivity index (χ4v) is 1.42. The van der Waals surface area contributed by atoms with E-state index in [4.69, 9.17) is 4.74 Å². The third-order valence-corrected chi connectivity index (χ3v) is 1.92. The summed E-state index contributed by atoms with van der Waals surface area (Å²) >= 11 is 0. The quantitative estimate of drug-likeness (QED) is 0.515. The van der Waals surface area contributed by atoms with Gasteiger partial charge in [0, 0.05) is 6.42 Å². The minimum Gasteiger partial charge on any atom is -0.461 e. The van der Waals surface area contributed by atoms with Gasteiger partial charge in [0.2, 0.25) is 0 Å². The van der Waals surface area contributed by atoms with Crippen molar-refractivity contribution in [1.82, 2.24) is 5.32 Å². The SMILES string of the molecule is Cl.O=C1OC2CCNC1C2. The van der Waals surface area contributed by atoms with Crippen molar-refractivity contribution in [3.05, 3.63) is 0 Å². The summed E-state index contributed by atoms with van der Waals surface area (Å²) in [5.74, 6) is -0.0579. The monoisotopic (exact) mass is 163 g/mol. The van der Waals surface area contributed by atoms with Crippen LogP contribution in [0, 0.1) is 0 Å². The molecule has 2 aliphatic heterocycles. The summed E-state index contributed by atoms with van der Waals surface area (Å²) in [7, 11) is 0. The average molecular weight is 164 g/mol. The van der Waals surface area contributed by atoms with Crippen molar-refractivity contribution in [2.24, 2.45) is 0 Å². The molecule has 2 aliphatic rings. The molecule has 0 aliphatic carbocycles. The number of piperidine rings is 1. The van der Waals surface area contributed by atoms with Gasteiger partial charge in [-0.05, 0) is 13.0 Å². The van der Waals surface area contributed by atoms with Crippen molar-refractivity contribution in [2.75, 3.05) is 6.54 Å². The molecule has 0 aromatic carbocycles. The molecular weight excluding hydrogens is 154 g/mol. The van der Waals surface area contributed by atoms with Gasteiger partial charge >= 0.3 is 5.97 Å². The number of rotatable bonds is 0. The molecule has 2 bridgehead atoms. The molecule has 0 amide bonds. The van der Waals surface area contributed by atoms with Crippen LogP contribution in [0.4, 0.5) is 0 Å². The molecule has 1 N–H and O–H groups in total. The van der Waals surface area contributed by atoms with Crippen molar-refractivity contribution < 1.29 is 9.53 Å². The Morgan fingerprint density at radius 3 is 3.00 bits per heavy atom. The molecule has 10 heavy (non-hydrogen) atoms. The average Bonchev–Trinajstić information content (AvgIpc) is 2.09. The van der Waals surface area contributed by atoms with Gasteiger partial charge in [0.1, 0.15) is 12.1 Å². The minimum atomic E-state index is -0.0579. The Balaban J connectivity index is 0.000000500. The second kappa shape index (κ2) is 2.76. The smallest absolute Gasteiger partial charge is 0.323 e. The van der Waals surface area contributed by atoms with Gasteiger partial charge in [-0.3, -0.25) is 4.79 Å². The van der Waals surface area contributed by atoms with Crippen LogP contribution in [0.1, 0.15) is 12.8 Å². The van der Waals surface area contributed by atoms with Gasteiger partial charge in [-0.15, -0.1) is 12.4 Å². The zero-order valence-electron chi connectivity index (χ0n) is 5.50. The summed E-state index contributed by atoms with van der Waals surface area (Å²) in [4.78, 5) is 10.8. The van der Waals surface area contributed by atoms with Crippen LogP contribution in [-0.4, -0.2) is 24.7 Å². The molecule has 4 heteroatoms. The maximum absolute atomic E-state index is 10.8. The molecule has 2 rings (SSSR count). The van der Waals surface area contributed by atoms with Crippen LogP contribution in [-0.2, 0) is 9.53 Å². The lowest BCUT2D eigenvalue weighted by molar-refractivity contribution is -0.141. The summed E-state index contributed by atoms with van der Waals surface area (Å²) in [6.07, 6.45) is 2.10. The number of fused-ring (bicyclic) bond motifs is 2. The lowest BCUT2D eigenvalue weighted by atomic mass is 10.1. The summed E-state index contributed by atoms with van der Waals surface area (Å²) in [5, 5.41) is 3.09. The highest BCUT2D eigenvalue weighted by Gasteiger charge is 2.36. The number of halogens is 1. The Kier molecular flexibility index (Phi) is 2.16. The Morgan fingerprint density at radius 2 is 2.40 bits per heavy atom. The molecule has 2 fully saturated rings. The molecule has 3 nitrogen and oxygen atoms in total. The summed E-state index contributed by atoms with van der Waals surface area (Å²) in [6, 6.07) is 0.0174. The Labute approximate surface area is 65.5 Å². The van der Waals surface area contributed by atoms with E-state index in [2.05, 4.69) is 5.32 Å². The van der Waals surface area contributed by atoms with E-state index in [1.54, 1.807) is 0 Å². The second-order valence-electron chi connectivity index (χ2n) is 2.59. The first-order valence-corrected chi connectivity index (χ1v) is 3.30. The van der Waals surface area contributed by atoms with E-state index in [9.17, 15) is 4.79 Å². The van der Waals surface area contributed by atoms with Crippen molar-refractivity contribution in [3.8, 4) is 0 Å². The van der Waals surface area contributed by atoms with Gasteiger partial charge in [-0.2, -0.15) is 0 Å². The van der Waals surface area contributed by atoms with Crippen molar-refractivity contribution in [1.29, 1.82) is 0 Å². The molecular formula is C6H10ClNO2. The highest BCUT2D eigenvalue weighted by atomic mass is 35.5. The van der Waals surface area contributed by atoms with E-state index >= 15 is 0 Å². The first-order valence-electron chi connectivity index (χ1n) is 3.30. The van der Waals surface area contributed by atoms with E-state index in [1.165, 1.54) is 0 Å². The van der Waals surface area contributed by atoms with Gasteiger partial charge in [0.15, 0.2) is 0 Å². The molecule has 0 radical (unpaired) electrons. The van der Waals surface area contributed by atoms with E-state index < -0.39 is 0 Å². The van der Waals surface area contributed by atoms with Gasteiger partial charge in [-0.25, -0.2) is 0 Å². The van der Waals surface area contributed by atoms with Crippen molar-refractivity contribution >= 4 is 18.4 Å². The molecule has 2 heterocycles. The standard InChI is InChI=1S/C6H9NO2.ClH/c8-6-5-3-4(9-6)1-2-7-5;/h4-5,7H,1-3H2;1H. The highest BCUT2D eigenvalue weighted by Crippen LogP contribution is 2.20. The number of hydrogen-bond donors (Lipinski definition) is 1. The van der Waals surface area contributed by atoms with Crippen LogP contribution in [0.15, 0.2) is 0 Å². The maximum Gasteiger partial charge on any atom is 0.323 e. The zero-order valence-corrected chi connectivity index (χ0v) is 6.32. The molecule has 2 saturated heterocycles. The zero-order chi connectivity index (χ0) is 6.27. The Hall–Kier alpha value is -0.280. The van der Waals surface area contributed by atoms with Gasteiger partial charge in [-0.1, -0.05) is 0 Å². The fraction of sp³-hybridized carbons (Fsp3) is 0.833. The number of esters is 1. The molecule has 2 unspecified atom stereocenters. The van der Waals surface area contributed by atoms with Gasteiger partial charge in [0.25, 0.3) is 0 Å². The van der Waals surface area contributed by atoms with Crippen LogP contribution in [0.25, 0.3) is 0 Å². The third-order valence-electron chi connectivity index (χ3n) is 1.92. The molecule has 0 aromatic heterocycles. The van der Waals surface area contributed by atoms with E-state index in [0.717, 1.165) is 19.4 Å². The summed E-state index contributed by atoms with van der Waals surface area (Å²) in [6.45, 7) is 0.932. The first-order chi connectivity index (χ1) is 4.36. The predicted molar refractivity (Wildman–Crippen MR) is 38.2 cm³/mol. The molecule has 58 valence electrons. The normalized spacial score (nSPS) is 36.6. The van der Waals surface area contributed by atoms with Crippen LogP contribution < -0.4 is 5.32 Å². The first kappa shape index (κ1) is 7.82. The molecule has 0 spiro atoms. The van der Waals surface area contributed by atoms with Crippen molar-refractivity contribution in [3.63, 3.8) is 0 Å². The van der Waals surface area contributed by atoms with Crippen LogP contribution in [0.2, 0.25) is 0 Å². The van der Waals surface area contributed by atoms with E-state index in [-0.39, 0.29) is 30.5 Å². The van der Waals surface area contributed by atoms with E-state index in [1.807, 2.05) is 0 Å². The highest BCUT2D eigenvalue weighted by molar-refractivity contribution is 5.85. The topological polar surface area (TPSA) is 38.3 Å². The van der Waals surface area contributed by atoms with Crippen LogP contribution in [0.3, 0.4) is 0 Å². The number of carbonyl (C=O) groups excluding carboxylic acids is 1. The van der Waals surface area contributed by atoms with Gasteiger partial charge in [0.05, 0.1) is 0 Å². The minimum absolute atomic E-state index is 0. The maximum atomic E-state index is 10.8. The predicted octanol–water partition coefficient (Wildman–Crippen LogP) is 0.0856. The van der Waals surface area contributed by atoms with Crippen molar-refractivity contribution in [2.45, 2.75) is 25.0 Å². The Morgan fingerprint density at radius 1 is 1.60 bits per heavy atom. The van der Waals surface area contributed by atoms with Crippen LogP contribution in [0.5, 0.6) is 0 Å². The Bertz CT molecular complexity index is 151. The lowest BCUT2D eigenvalue weighted by Gasteiger charge is -2.14. The van der Waals surface area contributed by atoms with Gasteiger partial charge < -0.3 is 10.1 Å². The number of carbonyl (C=O) groups is 1.